The molecule has 0 saturated heterocycles. The van der Waals surface area contributed by atoms with Gasteiger partial charge in [-0.3, -0.25) is 0 Å². The van der Waals surface area contributed by atoms with Gasteiger partial charge in [-0.2, -0.15) is 0 Å². The van der Waals surface area contributed by atoms with E-state index in [0.717, 1.165) is 11.4 Å². The Balaban J connectivity index is 3.06. The molecule has 0 radical (unpaired) electrons. The second-order valence-corrected chi connectivity index (χ2v) is 2.53. The van der Waals surface area contributed by atoms with Crippen molar-refractivity contribution in [3.05, 3.63) is 23.2 Å². The zero-order chi connectivity index (χ0) is 8.27. The van der Waals surface area contributed by atoms with Crippen molar-refractivity contribution in [2.75, 3.05) is 19.5 Å². The Morgan fingerprint density at radius 3 is 2.73 bits per heavy atom. The molecule has 0 aliphatic rings. The van der Waals surface area contributed by atoms with Gasteiger partial charge in [0.15, 0.2) is 0 Å². The predicted octanol–water partition coefficient (Wildman–Crippen LogP) is 2.39. The Morgan fingerprint density at radius 1 is 1.45 bits per heavy atom. The number of hydrogen-bond donors (Lipinski definition) is 1. The fourth-order valence-electron chi connectivity index (χ4n) is 0.876. The van der Waals surface area contributed by atoms with Gasteiger partial charge in [0.05, 0.1) is 12.8 Å². The lowest BCUT2D eigenvalue weighted by molar-refractivity contribution is 0.416. The summed E-state index contributed by atoms with van der Waals surface area (Å²) >= 11 is 5.76. The van der Waals surface area contributed by atoms with E-state index < -0.39 is 0 Å². The van der Waals surface area contributed by atoms with Crippen LogP contribution in [0.4, 0.5) is 5.69 Å². The minimum atomic E-state index is 0.704. The lowest BCUT2D eigenvalue weighted by Crippen LogP contribution is -1.92. The molecular weight excluding hydrogens is 162 g/mol. The number of methoxy groups -OCH3 is 1. The van der Waals surface area contributed by atoms with E-state index in [9.17, 15) is 0 Å². The van der Waals surface area contributed by atoms with Crippen LogP contribution in [0.5, 0.6) is 5.75 Å². The number of rotatable bonds is 2. The monoisotopic (exact) mass is 171 g/mol. The molecule has 0 aromatic heterocycles. The zero-order valence-electron chi connectivity index (χ0n) is 6.52. The van der Waals surface area contributed by atoms with Gasteiger partial charge in [-0.05, 0) is 18.2 Å². The second kappa shape index (κ2) is 3.49. The summed E-state index contributed by atoms with van der Waals surface area (Å²) in [7, 11) is 3.46. The SMILES string of the molecule is CNc1cc(Cl)ccc1OC. The minimum absolute atomic E-state index is 0.704. The van der Waals surface area contributed by atoms with Crippen LogP contribution in [-0.4, -0.2) is 14.2 Å². The normalized spacial score (nSPS) is 9.36. The Bertz CT molecular complexity index is 250. The van der Waals surface area contributed by atoms with Crippen molar-refractivity contribution in [3.63, 3.8) is 0 Å². The molecule has 0 bridgehead atoms. The lowest BCUT2D eigenvalue weighted by Gasteiger charge is -2.06. The Labute approximate surface area is 71.1 Å². The number of nitrogens with one attached hydrogen (secondary N) is 1. The highest BCUT2D eigenvalue weighted by Crippen LogP contribution is 2.26. The molecule has 0 heterocycles. The Kier molecular flexibility index (Phi) is 2.60. The van der Waals surface area contributed by atoms with Crippen molar-refractivity contribution >= 4 is 17.3 Å². The van der Waals surface area contributed by atoms with Crippen LogP contribution >= 0.6 is 11.6 Å². The first kappa shape index (κ1) is 8.21. The standard InChI is InChI=1S/C8H10ClNO/c1-10-7-5-6(9)3-4-8(7)11-2/h3-5,10H,1-2H3. The average Bonchev–Trinajstić information content (AvgIpc) is 2.04. The molecule has 11 heavy (non-hydrogen) atoms. The van der Waals surface area contributed by atoms with Crippen molar-refractivity contribution < 1.29 is 4.74 Å². The summed E-state index contributed by atoms with van der Waals surface area (Å²) in [5, 5.41) is 3.68. The molecule has 0 aliphatic carbocycles. The molecule has 3 heteroatoms. The minimum Gasteiger partial charge on any atom is -0.495 e. The summed E-state index contributed by atoms with van der Waals surface area (Å²) in [4.78, 5) is 0. The van der Waals surface area contributed by atoms with E-state index in [2.05, 4.69) is 5.32 Å². The van der Waals surface area contributed by atoms with Crippen LogP contribution < -0.4 is 10.1 Å². The first-order chi connectivity index (χ1) is 5.27. The van der Waals surface area contributed by atoms with Gasteiger partial charge >= 0.3 is 0 Å². The molecule has 2 nitrogen and oxygen atoms in total. The zero-order valence-corrected chi connectivity index (χ0v) is 7.27. The fraction of sp³-hybridized carbons (Fsp3) is 0.250. The molecule has 0 unspecified atom stereocenters. The molecular formula is C8H10ClNO. The molecule has 0 atom stereocenters. The molecule has 0 saturated carbocycles. The molecule has 1 aromatic rings. The first-order valence-electron chi connectivity index (χ1n) is 3.29. The van der Waals surface area contributed by atoms with Crippen molar-refractivity contribution in [1.29, 1.82) is 0 Å². The number of benzene rings is 1. The van der Waals surface area contributed by atoms with E-state index in [-0.39, 0.29) is 0 Å². The largest absolute Gasteiger partial charge is 0.495 e. The van der Waals surface area contributed by atoms with E-state index in [1.807, 2.05) is 19.2 Å². The molecule has 0 fully saturated rings. The van der Waals surface area contributed by atoms with E-state index in [0.29, 0.717) is 5.02 Å². The highest BCUT2D eigenvalue weighted by molar-refractivity contribution is 6.30. The predicted molar refractivity (Wildman–Crippen MR) is 47.6 cm³/mol. The van der Waals surface area contributed by atoms with Crippen molar-refractivity contribution in [3.8, 4) is 5.75 Å². The van der Waals surface area contributed by atoms with Gasteiger partial charge in [-0.15, -0.1) is 0 Å². The van der Waals surface area contributed by atoms with Gasteiger partial charge in [-0.1, -0.05) is 11.6 Å². The van der Waals surface area contributed by atoms with Crippen LogP contribution in [0.2, 0.25) is 5.02 Å². The van der Waals surface area contributed by atoms with Crippen LogP contribution in [-0.2, 0) is 0 Å². The number of halogens is 1. The molecule has 0 aliphatic heterocycles. The third-order valence-electron chi connectivity index (χ3n) is 1.43. The highest BCUT2D eigenvalue weighted by Gasteiger charge is 1.99. The Hall–Kier alpha value is -0.890. The van der Waals surface area contributed by atoms with Crippen LogP contribution in [0.25, 0.3) is 0 Å². The highest BCUT2D eigenvalue weighted by atomic mass is 35.5. The van der Waals surface area contributed by atoms with E-state index in [4.69, 9.17) is 16.3 Å². The third kappa shape index (κ3) is 1.77. The smallest absolute Gasteiger partial charge is 0.142 e. The summed E-state index contributed by atoms with van der Waals surface area (Å²) < 4.78 is 5.07. The molecule has 0 amide bonds. The Morgan fingerprint density at radius 2 is 2.18 bits per heavy atom. The number of anilines is 1. The van der Waals surface area contributed by atoms with Crippen molar-refractivity contribution in [1.82, 2.24) is 0 Å². The maximum Gasteiger partial charge on any atom is 0.142 e. The number of ether oxygens (including phenoxy) is 1. The van der Waals surface area contributed by atoms with E-state index in [1.54, 1.807) is 13.2 Å². The fourth-order valence-corrected chi connectivity index (χ4v) is 1.05. The first-order valence-corrected chi connectivity index (χ1v) is 3.67. The van der Waals surface area contributed by atoms with Crippen LogP contribution in [0.3, 0.4) is 0 Å². The van der Waals surface area contributed by atoms with Gasteiger partial charge in [0.1, 0.15) is 5.75 Å². The van der Waals surface area contributed by atoms with Gasteiger partial charge in [0.2, 0.25) is 0 Å². The quantitative estimate of drug-likeness (QED) is 0.738. The van der Waals surface area contributed by atoms with Crippen LogP contribution in [0.15, 0.2) is 18.2 Å². The summed E-state index contributed by atoms with van der Waals surface area (Å²) in [5.74, 6) is 0.803. The van der Waals surface area contributed by atoms with Gasteiger partial charge in [0.25, 0.3) is 0 Å². The lowest BCUT2D eigenvalue weighted by atomic mass is 10.3. The van der Waals surface area contributed by atoms with Crippen molar-refractivity contribution in [2.45, 2.75) is 0 Å². The molecule has 1 N–H and O–H groups in total. The summed E-state index contributed by atoms with van der Waals surface area (Å²) in [6.45, 7) is 0. The maximum absolute atomic E-state index is 5.76. The second-order valence-electron chi connectivity index (χ2n) is 2.09. The van der Waals surface area contributed by atoms with E-state index >= 15 is 0 Å². The summed E-state index contributed by atoms with van der Waals surface area (Å²) in [5.41, 5.74) is 0.903. The maximum atomic E-state index is 5.76. The summed E-state index contributed by atoms with van der Waals surface area (Å²) in [6.07, 6.45) is 0. The summed E-state index contributed by atoms with van der Waals surface area (Å²) in [6, 6.07) is 5.44. The third-order valence-corrected chi connectivity index (χ3v) is 1.67. The topological polar surface area (TPSA) is 21.3 Å². The van der Waals surface area contributed by atoms with Crippen LogP contribution in [0, 0.1) is 0 Å². The van der Waals surface area contributed by atoms with E-state index in [1.165, 1.54) is 0 Å². The van der Waals surface area contributed by atoms with Crippen LogP contribution in [0.1, 0.15) is 0 Å². The number of hydrogen-bond acceptors (Lipinski definition) is 2. The van der Waals surface area contributed by atoms with Gasteiger partial charge in [-0.25, -0.2) is 0 Å². The average molecular weight is 172 g/mol. The molecule has 60 valence electrons. The molecule has 1 aromatic carbocycles. The van der Waals surface area contributed by atoms with Gasteiger partial charge < -0.3 is 10.1 Å². The van der Waals surface area contributed by atoms with Crippen molar-refractivity contribution in [2.24, 2.45) is 0 Å². The molecule has 1 rings (SSSR count). The molecule has 0 spiro atoms. The van der Waals surface area contributed by atoms with Gasteiger partial charge in [0, 0.05) is 12.1 Å².